The van der Waals surface area contributed by atoms with Crippen molar-refractivity contribution in [1.29, 1.82) is 0 Å². The monoisotopic (exact) mass is 283 g/mol. The smallest absolute Gasteiger partial charge is 0.310 e. The van der Waals surface area contributed by atoms with Crippen LogP contribution in [0.1, 0.15) is 23.2 Å². The number of hydrogen-bond donors (Lipinski definition) is 0. The van der Waals surface area contributed by atoms with Crippen LogP contribution >= 0.6 is 23.2 Å². The number of ether oxygens (including phenoxy) is 1. The second-order valence-electron chi connectivity index (χ2n) is 3.16. The second-order valence-corrected chi connectivity index (χ2v) is 3.79. The van der Waals surface area contributed by atoms with Crippen LogP contribution in [0.4, 0.5) is 8.78 Å². The van der Waals surface area contributed by atoms with Crippen LogP contribution in [0.5, 0.6) is 0 Å². The van der Waals surface area contributed by atoms with Gasteiger partial charge in [-0.25, -0.2) is 13.8 Å². The van der Waals surface area contributed by atoms with Gasteiger partial charge < -0.3 is 4.74 Å². The van der Waals surface area contributed by atoms with Gasteiger partial charge in [-0.1, -0.05) is 11.6 Å². The molecule has 0 spiro atoms. The zero-order valence-corrected chi connectivity index (χ0v) is 10.4. The first-order valence-electron chi connectivity index (χ1n) is 4.58. The van der Waals surface area contributed by atoms with Crippen LogP contribution in [0, 0.1) is 0 Å². The highest BCUT2D eigenvalue weighted by atomic mass is 35.5. The summed E-state index contributed by atoms with van der Waals surface area (Å²) < 4.78 is 29.6. The van der Waals surface area contributed by atoms with Crippen LogP contribution in [-0.2, 0) is 21.8 Å². The van der Waals surface area contributed by atoms with Crippen molar-refractivity contribution in [2.45, 2.75) is 18.7 Å². The molecule has 0 radical (unpaired) electrons. The summed E-state index contributed by atoms with van der Waals surface area (Å²) in [4.78, 5) is 14.8. The largest absolute Gasteiger partial charge is 0.469 e. The summed E-state index contributed by atoms with van der Waals surface area (Å²) in [5.74, 6) is -0.573. The van der Waals surface area contributed by atoms with Gasteiger partial charge in [0.2, 0.25) is 0 Å². The Hall–Kier alpha value is -0.940. The van der Waals surface area contributed by atoms with Gasteiger partial charge in [0.25, 0.3) is 6.43 Å². The van der Waals surface area contributed by atoms with Gasteiger partial charge in [0.05, 0.1) is 30.7 Å². The van der Waals surface area contributed by atoms with Crippen molar-refractivity contribution >= 4 is 29.2 Å². The lowest BCUT2D eigenvalue weighted by molar-refractivity contribution is -0.139. The van der Waals surface area contributed by atoms with E-state index in [0.29, 0.717) is 11.3 Å². The SMILES string of the molecule is COC(=O)Cc1cc(C(F)F)c(Cl)nc1CCl. The zero-order valence-electron chi connectivity index (χ0n) is 8.84. The van der Waals surface area contributed by atoms with E-state index in [1.54, 1.807) is 0 Å². The number of pyridine rings is 1. The molecule has 1 rings (SSSR count). The highest BCUT2D eigenvalue weighted by molar-refractivity contribution is 6.30. The molecule has 0 amide bonds. The zero-order chi connectivity index (χ0) is 13.0. The maximum Gasteiger partial charge on any atom is 0.310 e. The Morgan fingerprint density at radius 1 is 1.59 bits per heavy atom. The topological polar surface area (TPSA) is 39.2 Å². The highest BCUT2D eigenvalue weighted by Gasteiger charge is 2.18. The first kappa shape index (κ1) is 14.1. The molecule has 0 atom stereocenters. The summed E-state index contributed by atoms with van der Waals surface area (Å²) in [7, 11) is 1.21. The van der Waals surface area contributed by atoms with Gasteiger partial charge in [-0.05, 0) is 11.6 Å². The molecule has 0 N–H and O–H groups in total. The summed E-state index contributed by atoms with van der Waals surface area (Å²) in [6.07, 6.45) is -2.92. The van der Waals surface area contributed by atoms with Gasteiger partial charge in [0.15, 0.2) is 0 Å². The van der Waals surface area contributed by atoms with E-state index in [1.807, 2.05) is 0 Å². The third-order valence-corrected chi connectivity index (χ3v) is 2.65. The molecular weight excluding hydrogens is 275 g/mol. The minimum atomic E-state index is -2.75. The molecule has 17 heavy (non-hydrogen) atoms. The van der Waals surface area contributed by atoms with Crippen LogP contribution in [-0.4, -0.2) is 18.1 Å². The van der Waals surface area contributed by atoms with Gasteiger partial charge >= 0.3 is 5.97 Å². The van der Waals surface area contributed by atoms with Crippen molar-refractivity contribution in [2.75, 3.05) is 7.11 Å². The molecular formula is C10H9Cl2F2NO2. The minimum Gasteiger partial charge on any atom is -0.469 e. The number of carbonyl (C=O) groups is 1. The van der Waals surface area contributed by atoms with Crippen LogP contribution in [0.25, 0.3) is 0 Å². The fourth-order valence-electron chi connectivity index (χ4n) is 1.23. The van der Waals surface area contributed by atoms with E-state index in [9.17, 15) is 13.6 Å². The lowest BCUT2D eigenvalue weighted by Crippen LogP contribution is -2.09. The molecule has 1 aromatic heterocycles. The maximum atomic E-state index is 12.6. The summed E-state index contributed by atoms with van der Waals surface area (Å²) in [6, 6.07) is 1.13. The fraction of sp³-hybridized carbons (Fsp3) is 0.400. The number of hydrogen-bond acceptors (Lipinski definition) is 3. The molecule has 0 unspecified atom stereocenters. The number of esters is 1. The van der Waals surface area contributed by atoms with E-state index in [4.69, 9.17) is 23.2 Å². The van der Waals surface area contributed by atoms with Gasteiger partial charge in [-0.3, -0.25) is 4.79 Å². The average molecular weight is 284 g/mol. The molecule has 94 valence electrons. The molecule has 1 heterocycles. The first-order valence-corrected chi connectivity index (χ1v) is 5.50. The van der Waals surface area contributed by atoms with Crippen LogP contribution in [0.3, 0.4) is 0 Å². The Morgan fingerprint density at radius 3 is 2.71 bits per heavy atom. The number of carbonyl (C=O) groups excluding carboxylic acids is 1. The molecule has 0 aromatic carbocycles. The Balaban J connectivity index is 3.16. The Morgan fingerprint density at radius 2 is 2.24 bits per heavy atom. The molecule has 0 saturated carbocycles. The number of methoxy groups -OCH3 is 1. The molecule has 0 aliphatic heterocycles. The minimum absolute atomic E-state index is 0.0183. The van der Waals surface area contributed by atoms with Gasteiger partial charge in [0.1, 0.15) is 5.15 Å². The number of halogens is 4. The molecule has 0 fully saturated rings. The lowest BCUT2D eigenvalue weighted by Gasteiger charge is -2.10. The molecule has 3 nitrogen and oxygen atoms in total. The van der Waals surface area contributed by atoms with Crippen molar-refractivity contribution in [1.82, 2.24) is 4.98 Å². The molecule has 7 heteroatoms. The van der Waals surface area contributed by atoms with Gasteiger partial charge in [0, 0.05) is 0 Å². The van der Waals surface area contributed by atoms with E-state index >= 15 is 0 Å². The number of aromatic nitrogens is 1. The van der Waals surface area contributed by atoms with Crippen LogP contribution in [0.15, 0.2) is 6.07 Å². The van der Waals surface area contributed by atoms with Gasteiger partial charge in [-0.2, -0.15) is 0 Å². The standard InChI is InChI=1S/C10H9Cl2F2NO2/c1-17-8(16)3-5-2-6(10(13)14)9(12)15-7(5)4-11/h2,10H,3-4H2,1H3. The lowest BCUT2D eigenvalue weighted by atomic mass is 10.1. The number of nitrogens with zero attached hydrogens (tertiary/aromatic N) is 1. The normalized spacial score (nSPS) is 10.7. The van der Waals surface area contributed by atoms with Crippen molar-refractivity contribution in [3.8, 4) is 0 Å². The van der Waals surface area contributed by atoms with E-state index < -0.39 is 18.0 Å². The Labute approximate surface area is 107 Å². The van der Waals surface area contributed by atoms with Crippen molar-refractivity contribution in [3.05, 3.63) is 28.0 Å². The van der Waals surface area contributed by atoms with E-state index in [1.165, 1.54) is 7.11 Å². The molecule has 0 aliphatic rings. The van der Waals surface area contributed by atoms with E-state index in [2.05, 4.69) is 9.72 Å². The third-order valence-electron chi connectivity index (χ3n) is 2.10. The highest BCUT2D eigenvalue weighted by Crippen LogP contribution is 2.28. The molecule has 0 saturated heterocycles. The van der Waals surface area contributed by atoms with Crippen LogP contribution < -0.4 is 0 Å². The first-order chi connectivity index (χ1) is 7.99. The summed E-state index contributed by atoms with van der Waals surface area (Å²) in [6.45, 7) is 0. The van der Waals surface area contributed by atoms with E-state index in [-0.39, 0.29) is 17.5 Å². The quantitative estimate of drug-likeness (QED) is 0.484. The summed E-state index contributed by atoms with van der Waals surface area (Å²) >= 11 is 11.2. The maximum absolute atomic E-state index is 12.6. The predicted molar refractivity (Wildman–Crippen MR) is 59.5 cm³/mol. The molecule has 0 aliphatic carbocycles. The Bertz CT molecular complexity index is 427. The Kier molecular flexibility index (Phi) is 5.08. The van der Waals surface area contributed by atoms with Crippen molar-refractivity contribution in [2.24, 2.45) is 0 Å². The average Bonchev–Trinajstić information content (AvgIpc) is 2.30. The number of alkyl halides is 3. The summed E-state index contributed by atoms with van der Waals surface area (Å²) in [5, 5.41) is -0.302. The van der Waals surface area contributed by atoms with Crippen molar-refractivity contribution in [3.63, 3.8) is 0 Å². The van der Waals surface area contributed by atoms with Gasteiger partial charge in [-0.15, -0.1) is 11.6 Å². The predicted octanol–water partition coefficient (Wildman–Crippen LogP) is 3.13. The third kappa shape index (κ3) is 3.51. The van der Waals surface area contributed by atoms with E-state index in [0.717, 1.165) is 6.07 Å². The second kappa shape index (κ2) is 6.12. The van der Waals surface area contributed by atoms with Crippen LogP contribution in [0.2, 0.25) is 5.15 Å². The van der Waals surface area contributed by atoms with Crippen molar-refractivity contribution < 1.29 is 18.3 Å². The summed E-state index contributed by atoms with van der Waals surface area (Å²) in [5.41, 5.74) is 0.178. The molecule has 0 bridgehead atoms. The fourth-order valence-corrected chi connectivity index (χ4v) is 1.71. The molecule has 1 aromatic rings. The number of rotatable bonds is 4.